The van der Waals surface area contributed by atoms with Crippen LogP contribution in [0.15, 0.2) is 121 Å². The first-order valence-electron chi connectivity index (χ1n) is 15.0. The largest absolute Gasteiger partial charge is 0.439 e. The number of rotatable bonds is 2. The van der Waals surface area contributed by atoms with E-state index in [4.69, 9.17) is 12.8 Å². The van der Waals surface area contributed by atoms with Crippen molar-refractivity contribution in [3.63, 3.8) is 0 Å². The molecule has 0 spiro atoms. The van der Waals surface area contributed by atoms with E-state index in [1.807, 2.05) is 51.7 Å². The van der Waals surface area contributed by atoms with Crippen LogP contribution in [-0.2, 0) is 64.3 Å². The third kappa shape index (κ3) is 7.31. The van der Waals surface area contributed by atoms with Crippen molar-refractivity contribution in [1.29, 1.82) is 0 Å². The molecule has 0 bridgehead atoms. The molecule has 238 valence electrons. The molecule has 0 fully saturated rings. The Morgan fingerprint density at radius 1 is 0.723 bits per heavy atom. The molecule has 0 atom stereocenters. The van der Waals surface area contributed by atoms with Gasteiger partial charge in [0, 0.05) is 57.4 Å². The van der Waals surface area contributed by atoms with Gasteiger partial charge in [-0.2, -0.15) is 0 Å². The average molecular weight is 971 g/mol. The summed E-state index contributed by atoms with van der Waals surface area (Å²) in [7, 11) is 0. The maximum absolute atomic E-state index is 7.19. The van der Waals surface area contributed by atoms with E-state index in [1.165, 1.54) is 44.5 Å². The molecule has 3 aliphatic carbocycles. The summed E-state index contributed by atoms with van der Waals surface area (Å²) in [5, 5.41) is 0. The van der Waals surface area contributed by atoms with Crippen molar-refractivity contribution in [2.45, 2.75) is 32.4 Å². The monoisotopic (exact) mass is 970 g/mol. The number of benzene rings is 4. The molecule has 4 aromatic carbocycles. The third-order valence-electron chi connectivity index (χ3n) is 8.47. The zero-order valence-electron chi connectivity index (χ0n) is 25.3. The van der Waals surface area contributed by atoms with Crippen molar-refractivity contribution in [3.05, 3.63) is 174 Å². The molecule has 6 heteroatoms. The van der Waals surface area contributed by atoms with Gasteiger partial charge in [0.1, 0.15) is 0 Å². The van der Waals surface area contributed by atoms with Crippen molar-refractivity contribution < 1.29 is 44.8 Å². The fourth-order valence-electron chi connectivity index (χ4n) is 6.24. The van der Waals surface area contributed by atoms with Crippen molar-refractivity contribution in [3.8, 4) is 23.0 Å². The SMILES string of the molecule is [Au].[Au].[C-]#CC1=CC2=C(CC1)Cc1ccccc12.[C-]#Cc1ccc2c(c1)-c1ccccc1C2.[c-]1nccn1Cn1[c-]nc2ccccc21. The van der Waals surface area contributed by atoms with Crippen LogP contribution in [0.1, 0.15) is 40.7 Å². The quantitative estimate of drug-likeness (QED) is 0.101. The van der Waals surface area contributed by atoms with E-state index in [0.717, 1.165) is 47.9 Å². The molecule has 0 N–H and O–H groups in total. The number of aromatic nitrogens is 4. The van der Waals surface area contributed by atoms with Gasteiger partial charge in [0.15, 0.2) is 0 Å². The van der Waals surface area contributed by atoms with Gasteiger partial charge >= 0.3 is 0 Å². The number of nitrogens with zero attached hydrogens (tertiary/aromatic N) is 4. The zero-order valence-corrected chi connectivity index (χ0v) is 29.7. The smallest absolute Gasteiger partial charge is 0.0558 e. The molecule has 6 aromatic rings. The summed E-state index contributed by atoms with van der Waals surface area (Å²) in [6, 6.07) is 31.1. The van der Waals surface area contributed by atoms with Crippen LogP contribution in [0.4, 0.5) is 0 Å². The van der Waals surface area contributed by atoms with Crippen LogP contribution in [-0.4, -0.2) is 19.1 Å². The summed E-state index contributed by atoms with van der Waals surface area (Å²) < 4.78 is 3.79. The fraction of sp³-hybridized carbons (Fsp3) is 0.122. The fourth-order valence-corrected chi connectivity index (χ4v) is 6.24. The van der Waals surface area contributed by atoms with Gasteiger partial charge in [-0.25, -0.2) is 0 Å². The summed E-state index contributed by atoms with van der Waals surface area (Å²) >= 11 is 0. The third-order valence-corrected chi connectivity index (χ3v) is 8.47. The van der Waals surface area contributed by atoms with Gasteiger partial charge in [-0.3, -0.25) is 11.8 Å². The first kappa shape index (κ1) is 34.0. The van der Waals surface area contributed by atoms with Gasteiger partial charge in [-0.1, -0.05) is 89.8 Å². The summed E-state index contributed by atoms with van der Waals surface area (Å²) in [5.41, 5.74) is 14.9. The van der Waals surface area contributed by atoms with E-state index >= 15 is 0 Å². The van der Waals surface area contributed by atoms with E-state index in [0.29, 0.717) is 6.67 Å². The van der Waals surface area contributed by atoms with Crippen molar-refractivity contribution in [1.82, 2.24) is 19.1 Å². The summed E-state index contributed by atoms with van der Waals surface area (Å²) in [4.78, 5) is 8.06. The van der Waals surface area contributed by atoms with Gasteiger partial charge in [0.25, 0.3) is 0 Å². The normalized spacial score (nSPS) is 12.9. The van der Waals surface area contributed by atoms with Crippen LogP contribution in [0.3, 0.4) is 0 Å². The molecule has 2 aromatic heterocycles. The Bertz CT molecular complexity index is 2170. The topological polar surface area (TPSA) is 35.6 Å². The summed E-state index contributed by atoms with van der Waals surface area (Å²) in [6.07, 6.45) is 30.0. The van der Waals surface area contributed by atoms with E-state index in [2.05, 4.69) is 95.1 Å². The van der Waals surface area contributed by atoms with E-state index in [1.54, 1.807) is 6.20 Å². The van der Waals surface area contributed by atoms with Crippen LogP contribution in [0.25, 0.3) is 27.7 Å². The Kier molecular flexibility index (Phi) is 11.2. The van der Waals surface area contributed by atoms with Crippen molar-refractivity contribution in [2.75, 3.05) is 0 Å². The summed E-state index contributed by atoms with van der Waals surface area (Å²) in [5.74, 6) is 4.96. The van der Waals surface area contributed by atoms with Gasteiger partial charge in [0.05, 0.1) is 6.67 Å². The Balaban J connectivity index is 0.000000135. The maximum Gasteiger partial charge on any atom is 0.0558 e. The molecule has 2 heterocycles. The second-order valence-corrected chi connectivity index (χ2v) is 11.2. The van der Waals surface area contributed by atoms with Gasteiger partial charge < -0.3 is 31.9 Å². The maximum atomic E-state index is 7.19. The molecule has 4 nitrogen and oxygen atoms in total. The van der Waals surface area contributed by atoms with E-state index < -0.39 is 0 Å². The zero-order chi connectivity index (χ0) is 30.6. The Labute approximate surface area is 307 Å². The predicted molar refractivity (Wildman–Crippen MR) is 177 cm³/mol. The van der Waals surface area contributed by atoms with Gasteiger partial charge in [-0.05, 0) is 58.2 Å². The molecular weight excluding hydrogens is 942 g/mol. The van der Waals surface area contributed by atoms with Crippen LogP contribution in [0, 0.1) is 37.3 Å². The molecule has 9 rings (SSSR count). The van der Waals surface area contributed by atoms with E-state index in [-0.39, 0.29) is 44.8 Å². The van der Waals surface area contributed by atoms with Crippen molar-refractivity contribution >= 4 is 16.6 Å². The molecule has 0 saturated carbocycles. The number of imidazole rings is 2. The van der Waals surface area contributed by atoms with Crippen LogP contribution < -0.4 is 0 Å². The Morgan fingerprint density at radius 2 is 1.45 bits per heavy atom. The summed E-state index contributed by atoms with van der Waals surface area (Å²) in [6.45, 7) is 0.639. The number of para-hydroxylation sites is 2. The molecule has 3 aliphatic rings. The van der Waals surface area contributed by atoms with Gasteiger partial charge in [-0.15, -0.1) is 53.9 Å². The molecule has 2 radical (unpaired) electrons. The average Bonchev–Trinajstić information content (AvgIpc) is 3.90. The second-order valence-electron chi connectivity index (χ2n) is 11.2. The standard InChI is InChI=1S/C15H11.C15H9.C11H8N4.2Au/c2*1-2-11-7-8-13-10-12-5-3-4-6-14(12)15(13)9-11;1-2-4-11-10(3-1)13-8-15(11)9-14-6-5-12-7-14;;/h3-6,9H,7-8,10H2;3-9H,10H2;1-6H,9H2;;/q2*-1;-2;;. The first-order chi connectivity index (χ1) is 22.2. The molecule has 0 aliphatic heterocycles. The minimum atomic E-state index is 0. The minimum absolute atomic E-state index is 0. The second kappa shape index (κ2) is 15.5. The number of hydrogen-bond donors (Lipinski definition) is 0. The minimum Gasteiger partial charge on any atom is -0.439 e. The van der Waals surface area contributed by atoms with Crippen molar-refractivity contribution in [2.24, 2.45) is 0 Å². The number of hydrogen-bond acceptors (Lipinski definition) is 2. The van der Waals surface area contributed by atoms with Gasteiger partial charge in [0.2, 0.25) is 0 Å². The Hall–Kier alpha value is -4.36. The first-order valence-corrected chi connectivity index (χ1v) is 15.0. The molecule has 0 saturated heterocycles. The number of fused-ring (bicyclic) bond motifs is 6. The predicted octanol–water partition coefficient (Wildman–Crippen LogP) is 7.84. The Morgan fingerprint density at radius 3 is 2.21 bits per heavy atom. The molecular formula is C41H28Au2N4-4. The molecule has 0 amide bonds. The van der Waals surface area contributed by atoms with Crippen LogP contribution in [0.5, 0.6) is 0 Å². The van der Waals surface area contributed by atoms with Crippen LogP contribution >= 0.6 is 0 Å². The molecule has 0 unspecified atom stereocenters. The van der Waals surface area contributed by atoms with E-state index in [9.17, 15) is 0 Å². The van der Waals surface area contributed by atoms with Crippen LogP contribution in [0.2, 0.25) is 0 Å². The molecule has 47 heavy (non-hydrogen) atoms. The number of allylic oxidation sites excluding steroid dienone is 4.